The second-order valence-electron chi connectivity index (χ2n) is 3.94. The zero-order valence-electron chi connectivity index (χ0n) is 8.47. The molecule has 0 N–H and O–H groups in total. The van der Waals surface area contributed by atoms with Gasteiger partial charge in [0.05, 0.1) is 12.0 Å². The Bertz CT molecular complexity index is 231. The van der Waals surface area contributed by atoms with Crippen LogP contribution in [0.25, 0.3) is 0 Å². The predicted octanol–water partition coefficient (Wildman–Crippen LogP) is 1.45. The smallest absolute Gasteiger partial charge is 0.164 e. The molecule has 1 fully saturated rings. The predicted molar refractivity (Wildman–Crippen MR) is 53.3 cm³/mol. The van der Waals surface area contributed by atoms with Gasteiger partial charge in [0.2, 0.25) is 0 Å². The number of carbonyl (C=O) groups is 1. The first kappa shape index (κ1) is 10.3. The highest BCUT2D eigenvalue weighted by Crippen LogP contribution is 2.35. The Labute approximate surface area is 80.3 Å². The van der Waals surface area contributed by atoms with Crippen LogP contribution >= 0.6 is 0 Å². The Balaban J connectivity index is 2.79. The summed E-state index contributed by atoms with van der Waals surface area (Å²) in [5.41, 5.74) is -0.244. The van der Waals surface area contributed by atoms with Gasteiger partial charge in [0.15, 0.2) is 5.78 Å². The van der Waals surface area contributed by atoms with E-state index in [4.69, 9.17) is 6.42 Å². The van der Waals surface area contributed by atoms with Crippen LogP contribution in [0, 0.1) is 12.3 Å². The fourth-order valence-electron chi connectivity index (χ4n) is 2.19. The minimum absolute atomic E-state index is 0.220. The largest absolute Gasteiger partial charge is 0.297 e. The molecule has 0 heterocycles. The first-order chi connectivity index (χ1) is 6.13. The summed E-state index contributed by atoms with van der Waals surface area (Å²) >= 11 is 0. The van der Waals surface area contributed by atoms with Crippen molar-refractivity contribution < 1.29 is 4.79 Å². The molecule has 1 aliphatic rings. The second-order valence-corrected chi connectivity index (χ2v) is 3.94. The Morgan fingerprint density at radius 2 is 2.00 bits per heavy atom. The van der Waals surface area contributed by atoms with Crippen molar-refractivity contribution in [1.29, 1.82) is 0 Å². The third kappa shape index (κ3) is 1.76. The minimum Gasteiger partial charge on any atom is -0.297 e. The summed E-state index contributed by atoms with van der Waals surface area (Å²) in [6, 6.07) is 0. The topological polar surface area (TPSA) is 20.3 Å². The van der Waals surface area contributed by atoms with Gasteiger partial charge in [-0.2, -0.15) is 0 Å². The molecule has 0 atom stereocenters. The molecule has 0 amide bonds. The first-order valence-electron chi connectivity index (χ1n) is 4.78. The maximum Gasteiger partial charge on any atom is 0.164 e. The number of hydrogen-bond acceptors (Lipinski definition) is 2. The van der Waals surface area contributed by atoms with Crippen molar-refractivity contribution in [3.05, 3.63) is 0 Å². The molecule has 0 aliphatic heterocycles. The maximum absolute atomic E-state index is 11.8. The lowest BCUT2D eigenvalue weighted by Crippen LogP contribution is -2.48. The van der Waals surface area contributed by atoms with E-state index in [1.54, 1.807) is 0 Å². The van der Waals surface area contributed by atoms with Gasteiger partial charge in [-0.25, -0.2) is 0 Å². The molecule has 2 nitrogen and oxygen atoms in total. The normalized spacial score (nSPS) is 20.2. The van der Waals surface area contributed by atoms with Crippen LogP contribution in [-0.2, 0) is 4.79 Å². The van der Waals surface area contributed by atoms with Crippen molar-refractivity contribution in [2.75, 3.05) is 14.1 Å². The first-order valence-corrected chi connectivity index (χ1v) is 4.78. The monoisotopic (exact) mass is 179 g/mol. The molecule has 0 aromatic rings. The van der Waals surface area contributed by atoms with Gasteiger partial charge in [-0.15, -0.1) is 6.42 Å². The fraction of sp³-hybridized carbons (Fsp3) is 0.727. The quantitative estimate of drug-likeness (QED) is 0.611. The molecule has 0 spiro atoms. The number of carbonyl (C=O) groups excluding carboxylic acids is 1. The Morgan fingerprint density at radius 1 is 1.46 bits per heavy atom. The number of hydrogen-bond donors (Lipinski definition) is 0. The van der Waals surface area contributed by atoms with E-state index in [-0.39, 0.29) is 17.7 Å². The minimum atomic E-state index is -0.244. The van der Waals surface area contributed by atoms with Crippen LogP contribution < -0.4 is 0 Å². The van der Waals surface area contributed by atoms with Gasteiger partial charge in [-0.3, -0.25) is 9.69 Å². The van der Waals surface area contributed by atoms with Gasteiger partial charge >= 0.3 is 0 Å². The summed E-state index contributed by atoms with van der Waals surface area (Å²) in [7, 11) is 3.94. The van der Waals surface area contributed by atoms with E-state index in [1.165, 1.54) is 0 Å². The molecule has 0 aromatic carbocycles. The van der Waals surface area contributed by atoms with Gasteiger partial charge in [0.25, 0.3) is 0 Å². The number of ketones is 1. The van der Waals surface area contributed by atoms with Gasteiger partial charge in [-0.1, -0.05) is 18.8 Å². The van der Waals surface area contributed by atoms with Crippen molar-refractivity contribution in [2.45, 2.75) is 37.6 Å². The molecule has 0 saturated heterocycles. The van der Waals surface area contributed by atoms with Gasteiger partial charge in [0.1, 0.15) is 0 Å². The van der Waals surface area contributed by atoms with Crippen LogP contribution in [0.4, 0.5) is 0 Å². The van der Waals surface area contributed by atoms with Crippen molar-refractivity contribution in [3.8, 4) is 12.3 Å². The Morgan fingerprint density at radius 3 is 2.38 bits per heavy atom. The lowest BCUT2D eigenvalue weighted by Gasteiger charge is -2.34. The van der Waals surface area contributed by atoms with Crippen LogP contribution in [0.5, 0.6) is 0 Å². The average Bonchev–Trinajstić information content (AvgIpc) is 2.53. The van der Waals surface area contributed by atoms with Crippen molar-refractivity contribution in [2.24, 2.45) is 0 Å². The van der Waals surface area contributed by atoms with E-state index < -0.39 is 0 Å². The fourth-order valence-corrected chi connectivity index (χ4v) is 2.19. The molecule has 13 heavy (non-hydrogen) atoms. The zero-order valence-corrected chi connectivity index (χ0v) is 8.47. The van der Waals surface area contributed by atoms with Gasteiger partial charge in [-0.05, 0) is 26.9 Å². The summed E-state index contributed by atoms with van der Waals surface area (Å²) in [6.07, 6.45) is 9.68. The van der Waals surface area contributed by atoms with Crippen LogP contribution in [0.2, 0.25) is 0 Å². The van der Waals surface area contributed by atoms with Crippen LogP contribution in [0.3, 0.4) is 0 Å². The molecule has 0 radical (unpaired) electrons. The van der Waals surface area contributed by atoms with Crippen LogP contribution in [-0.4, -0.2) is 30.3 Å². The third-order valence-corrected chi connectivity index (χ3v) is 3.07. The average molecular weight is 179 g/mol. The van der Waals surface area contributed by atoms with Crippen molar-refractivity contribution >= 4 is 5.78 Å². The Kier molecular flexibility index (Phi) is 3.11. The highest BCUT2D eigenvalue weighted by Gasteiger charge is 2.41. The summed E-state index contributed by atoms with van der Waals surface area (Å²) in [5.74, 6) is 2.67. The van der Waals surface area contributed by atoms with E-state index in [0.29, 0.717) is 0 Å². The number of Topliss-reactive ketones (excluding diaryl/α,β-unsaturated/α-hetero) is 1. The van der Waals surface area contributed by atoms with Crippen molar-refractivity contribution in [1.82, 2.24) is 4.90 Å². The number of terminal acetylenes is 1. The molecule has 0 bridgehead atoms. The molecule has 2 heteroatoms. The van der Waals surface area contributed by atoms with Crippen LogP contribution in [0.1, 0.15) is 32.1 Å². The SMILES string of the molecule is C#CCC(=O)C1(N(C)C)CCCC1. The number of rotatable bonds is 3. The van der Waals surface area contributed by atoms with Crippen LogP contribution in [0.15, 0.2) is 0 Å². The Hall–Kier alpha value is -0.810. The van der Waals surface area contributed by atoms with E-state index in [9.17, 15) is 4.79 Å². The summed E-state index contributed by atoms with van der Waals surface area (Å²) in [5, 5.41) is 0. The molecule has 0 aromatic heterocycles. The molecule has 1 rings (SSSR count). The molecular weight excluding hydrogens is 162 g/mol. The van der Waals surface area contributed by atoms with Gasteiger partial charge in [0, 0.05) is 0 Å². The van der Waals surface area contributed by atoms with Crippen molar-refractivity contribution in [3.63, 3.8) is 0 Å². The van der Waals surface area contributed by atoms with E-state index in [0.717, 1.165) is 25.7 Å². The third-order valence-electron chi connectivity index (χ3n) is 3.07. The highest BCUT2D eigenvalue weighted by atomic mass is 16.1. The summed E-state index contributed by atoms with van der Waals surface area (Å²) in [6.45, 7) is 0. The number of likely N-dealkylation sites (N-methyl/N-ethyl adjacent to an activating group) is 1. The summed E-state index contributed by atoms with van der Waals surface area (Å²) < 4.78 is 0. The molecule has 0 unspecified atom stereocenters. The second kappa shape index (κ2) is 3.93. The maximum atomic E-state index is 11.8. The number of nitrogens with zero attached hydrogens (tertiary/aromatic N) is 1. The molecular formula is C11H17NO. The lowest BCUT2D eigenvalue weighted by molar-refractivity contribution is -0.128. The molecule has 72 valence electrons. The van der Waals surface area contributed by atoms with Gasteiger partial charge < -0.3 is 0 Å². The molecule has 1 saturated carbocycles. The lowest BCUT2D eigenvalue weighted by atomic mass is 9.89. The highest BCUT2D eigenvalue weighted by molar-refractivity contribution is 5.90. The summed E-state index contributed by atoms with van der Waals surface area (Å²) in [4.78, 5) is 13.9. The standard InChI is InChI=1S/C11H17NO/c1-4-7-10(13)11(12(2)3)8-5-6-9-11/h1H,5-9H2,2-3H3. The van der Waals surface area contributed by atoms with E-state index in [1.807, 2.05) is 19.0 Å². The molecule has 1 aliphatic carbocycles. The van der Waals surface area contributed by atoms with E-state index in [2.05, 4.69) is 5.92 Å². The zero-order chi connectivity index (χ0) is 9.90. The van der Waals surface area contributed by atoms with E-state index >= 15 is 0 Å².